The molecule has 0 aliphatic rings. The van der Waals surface area contributed by atoms with Gasteiger partial charge in [0, 0.05) is 5.56 Å². The van der Waals surface area contributed by atoms with Crippen molar-refractivity contribution in [3.8, 4) is 23.1 Å². The Kier molecular flexibility index (Phi) is 5.75. The van der Waals surface area contributed by atoms with Gasteiger partial charge < -0.3 is 4.74 Å². The van der Waals surface area contributed by atoms with Gasteiger partial charge in [0.05, 0.1) is 18.2 Å². The summed E-state index contributed by atoms with van der Waals surface area (Å²) in [6.07, 6.45) is -7.40. The number of nitrogens with zero attached hydrogens (tertiary/aromatic N) is 3. The van der Waals surface area contributed by atoms with Crippen LogP contribution in [-0.4, -0.2) is 22.5 Å². The van der Waals surface area contributed by atoms with Crippen molar-refractivity contribution < 1.29 is 31.1 Å². The molecule has 0 saturated carbocycles. The van der Waals surface area contributed by atoms with Crippen molar-refractivity contribution in [2.24, 2.45) is 0 Å². The van der Waals surface area contributed by atoms with Crippen molar-refractivity contribution in [2.45, 2.75) is 12.4 Å². The number of alkyl halides is 6. The molecular formula is C20H12F6N4O. The summed E-state index contributed by atoms with van der Waals surface area (Å²) in [6, 6.07) is 7.79. The number of nitrogens with one attached hydrogen (secondary N) is 1. The first-order valence-corrected chi connectivity index (χ1v) is 8.50. The van der Waals surface area contributed by atoms with Gasteiger partial charge in [-0.1, -0.05) is 23.4 Å². The second-order valence-corrected chi connectivity index (χ2v) is 6.28. The van der Waals surface area contributed by atoms with Crippen LogP contribution in [0.5, 0.6) is 5.75 Å². The van der Waals surface area contributed by atoms with E-state index in [1.807, 2.05) is 6.07 Å². The predicted octanol–water partition coefficient (Wildman–Crippen LogP) is 5.56. The molecule has 1 aromatic heterocycles. The number of aromatic nitrogens is 3. The quantitative estimate of drug-likeness (QED) is 0.428. The van der Waals surface area contributed by atoms with E-state index in [1.165, 1.54) is 25.3 Å². The summed E-state index contributed by atoms with van der Waals surface area (Å²) in [6.45, 7) is 0. The monoisotopic (exact) mass is 438 g/mol. The zero-order valence-corrected chi connectivity index (χ0v) is 15.6. The van der Waals surface area contributed by atoms with E-state index < -0.39 is 23.5 Å². The summed E-state index contributed by atoms with van der Waals surface area (Å²) in [7, 11) is 1.39. The summed E-state index contributed by atoms with van der Waals surface area (Å²) in [5.41, 5.74) is -2.04. The van der Waals surface area contributed by atoms with Crippen LogP contribution in [0.4, 0.5) is 26.3 Å². The van der Waals surface area contributed by atoms with Crippen LogP contribution >= 0.6 is 0 Å². The number of methoxy groups -OCH3 is 1. The Labute approximate surface area is 171 Å². The van der Waals surface area contributed by atoms with Crippen LogP contribution in [0.25, 0.3) is 23.4 Å². The Morgan fingerprint density at radius 3 is 2.10 bits per heavy atom. The fourth-order valence-electron chi connectivity index (χ4n) is 2.78. The molecule has 3 rings (SSSR count). The predicted molar refractivity (Wildman–Crippen MR) is 98.5 cm³/mol. The number of H-pyrrole nitrogens is 1. The number of hydrogen-bond donors (Lipinski definition) is 1. The minimum Gasteiger partial charge on any atom is -0.496 e. The average Bonchev–Trinajstić information content (AvgIpc) is 3.19. The molecule has 2 aromatic carbocycles. The third kappa shape index (κ3) is 4.85. The van der Waals surface area contributed by atoms with E-state index in [1.54, 1.807) is 6.07 Å². The summed E-state index contributed by atoms with van der Waals surface area (Å²) in [5.74, 6) is 0.348. The summed E-state index contributed by atoms with van der Waals surface area (Å²) < 4.78 is 83.3. The highest BCUT2D eigenvalue weighted by Gasteiger charge is 2.36. The molecule has 1 N–H and O–H groups in total. The number of hydrogen-bond acceptors (Lipinski definition) is 4. The molecule has 0 radical (unpaired) electrons. The Morgan fingerprint density at radius 2 is 1.55 bits per heavy atom. The van der Waals surface area contributed by atoms with Crippen molar-refractivity contribution in [1.29, 1.82) is 5.26 Å². The minimum atomic E-state index is -4.93. The lowest BCUT2D eigenvalue weighted by molar-refractivity contribution is -0.143. The zero-order chi connectivity index (χ0) is 22.8. The van der Waals surface area contributed by atoms with E-state index in [-0.39, 0.29) is 23.0 Å². The molecule has 0 aliphatic carbocycles. The van der Waals surface area contributed by atoms with Gasteiger partial charge >= 0.3 is 12.4 Å². The first-order chi connectivity index (χ1) is 14.5. The number of nitriles is 1. The molecule has 0 saturated heterocycles. The van der Waals surface area contributed by atoms with Crippen molar-refractivity contribution in [1.82, 2.24) is 15.4 Å². The molecule has 0 fully saturated rings. The zero-order valence-electron chi connectivity index (χ0n) is 15.6. The lowest BCUT2D eigenvalue weighted by Gasteiger charge is -2.13. The lowest BCUT2D eigenvalue weighted by atomic mass is 10.0. The number of aromatic amines is 1. The Bertz CT molecular complexity index is 1140. The van der Waals surface area contributed by atoms with Crippen LogP contribution < -0.4 is 4.74 Å². The third-order valence-corrected chi connectivity index (χ3v) is 4.22. The van der Waals surface area contributed by atoms with Gasteiger partial charge in [-0.15, -0.1) is 5.10 Å². The van der Waals surface area contributed by atoms with Crippen LogP contribution in [0, 0.1) is 11.3 Å². The van der Waals surface area contributed by atoms with Gasteiger partial charge in [0.15, 0.2) is 5.69 Å². The summed E-state index contributed by atoms with van der Waals surface area (Å²) in [4.78, 5) is 0. The van der Waals surface area contributed by atoms with Crippen molar-refractivity contribution in [3.05, 3.63) is 64.3 Å². The fourth-order valence-corrected chi connectivity index (χ4v) is 2.78. The highest BCUT2D eigenvalue weighted by molar-refractivity contribution is 5.77. The SMILES string of the molecule is COc1ccc(/C=C/c2cc(C(F)(F)F)cc(C(F)(F)F)c2)cc1-c1nn[nH]c1C#N. The lowest BCUT2D eigenvalue weighted by Crippen LogP contribution is -2.11. The van der Waals surface area contributed by atoms with Crippen LogP contribution in [0.1, 0.15) is 27.9 Å². The molecule has 0 atom stereocenters. The highest BCUT2D eigenvalue weighted by Crippen LogP contribution is 2.37. The first kappa shape index (κ1) is 21.9. The Morgan fingerprint density at radius 1 is 0.935 bits per heavy atom. The topological polar surface area (TPSA) is 74.6 Å². The number of benzene rings is 2. The average molecular weight is 438 g/mol. The molecule has 31 heavy (non-hydrogen) atoms. The van der Waals surface area contributed by atoms with Crippen LogP contribution in [0.2, 0.25) is 0 Å². The number of ether oxygens (including phenoxy) is 1. The minimum absolute atomic E-state index is 0.0622. The second-order valence-electron chi connectivity index (χ2n) is 6.28. The van der Waals surface area contributed by atoms with E-state index in [0.717, 1.165) is 6.08 Å². The van der Waals surface area contributed by atoms with Crippen molar-refractivity contribution >= 4 is 12.2 Å². The molecule has 0 spiro atoms. The standard InChI is InChI=1S/C20H12F6N4O/c1-31-17-5-4-11(8-15(17)18-16(10-27)28-30-29-18)2-3-12-6-13(19(21,22)23)9-14(7-12)20(24,25)26/h2-9H,1H3,(H,28,29,30)/b3-2+. The molecular weight excluding hydrogens is 426 g/mol. The van der Waals surface area contributed by atoms with Crippen LogP contribution in [0.15, 0.2) is 36.4 Å². The van der Waals surface area contributed by atoms with Gasteiger partial charge in [-0.25, -0.2) is 5.10 Å². The molecule has 0 aliphatic heterocycles. The molecule has 160 valence electrons. The maximum absolute atomic E-state index is 13.0. The normalized spacial score (nSPS) is 12.2. The van der Waals surface area contributed by atoms with Gasteiger partial charge in [0.1, 0.15) is 17.5 Å². The second kappa shape index (κ2) is 8.14. The van der Waals surface area contributed by atoms with Gasteiger partial charge in [0.2, 0.25) is 0 Å². The molecule has 11 heteroatoms. The summed E-state index contributed by atoms with van der Waals surface area (Å²) >= 11 is 0. The largest absolute Gasteiger partial charge is 0.496 e. The Hall–Kier alpha value is -3.81. The molecule has 0 amide bonds. The van der Waals surface area contributed by atoms with Crippen molar-refractivity contribution in [2.75, 3.05) is 7.11 Å². The molecule has 5 nitrogen and oxygen atoms in total. The Balaban J connectivity index is 2.04. The highest BCUT2D eigenvalue weighted by atomic mass is 19.4. The van der Waals surface area contributed by atoms with E-state index in [9.17, 15) is 26.3 Å². The molecule has 1 heterocycles. The third-order valence-electron chi connectivity index (χ3n) is 4.22. The van der Waals surface area contributed by atoms with Gasteiger partial charge in [-0.05, 0) is 41.5 Å². The van der Waals surface area contributed by atoms with Gasteiger partial charge in [0.25, 0.3) is 0 Å². The molecule has 0 bridgehead atoms. The van der Waals surface area contributed by atoms with Crippen LogP contribution in [0.3, 0.4) is 0 Å². The molecule has 0 unspecified atom stereocenters. The van der Waals surface area contributed by atoms with E-state index in [4.69, 9.17) is 10.00 Å². The summed E-state index contributed by atoms with van der Waals surface area (Å²) in [5, 5.41) is 18.9. The van der Waals surface area contributed by atoms with E-state index in [0.29, 0.717) is 29.0 Å². The number of rotatable bonds is 4. The van der Waals surface area contributed by atoms with Crippen molar-refractivity contribution in [3.63, 3.8) is 0 Å². The maximum Gasteiger partial charge on any atom is 0.416 e. The smallest absolute Gasteiger partial charge is 0.416 e. The van der Waals surface area contributed by atoms with E-state index >= 15 is 0 Å². The molecule has 3 aromatic rings. The number of halogens is 6. The van der Waals surface area contributed by atoms with Crippen LogP contribution in [-0.2, 0) is 12.4 Å². The van der Waals surface area contributed by atoms with Gasteiger partial charge in [-0.3, -0.25) is 0 Å². The maximum atomic E-state index is 13.0. The first-order valence-electron chi connectivity index (χ1n) is 8.50. The van der Waals surface area contributed by atoms with Gasteiger partial charge in [-0.2, -0.15) is 31.6 Å². The fraction of sp³-hybridized carbons (Fsp3) is 0.150. The van der Waals surface area contributed by atoms with E-state index in [2.05, 4.69) is 15.4 Å².